The SMILES string of the molecule is CS(=O)(=O)CCCC(N)C1CCCC1. The van der Waals surface area contributed by atoms with Crippen molar-refractivity contribution in [3.63, 3.8) is 0 Å². The molecule has 1 saturated carbocycles. The predicted molar refractivity (Wildman–Crippen MR) is 58.9 cm³/mol. The fourth-order valence-corrected chi connectivity index (χ4v) is 2.89. The molecular weight excluding hydrogens is 198 g/mol. The second-order valence-corrected chi connectivity index (χ2v) is 6.74. The molecule has 0 amide bonds. The van der Waals surface area contributed by atoms with Crippen molar-refractivity contribution in [1.82, 2.24) is 0 Å². The molecule has 3 nitrogen and oxygen atoms in total. The number of hydrogen-bond donors (Lipinski definition) is 1. The van der Waals surface area contributed by atoms with Crippen LogP contribution in [-0.2, 0) is 9.84 Å². The molecule has 0 aliphatic heterocycles. The lowest BCUT2D eigenvalue weighted by Crippen LogP contribution is -2.28. The molecule has 1 fully saturated rings. The van der Waals surface area contributed by atoms with Crippen molar-refractivity contribution in [1.29, 1.82) is 0 Å². The minimum absolute atomic E-state index is 0.222. The maximum absolute atomic E-state index is 10.9. The lowest BCUT2D eigenvalue weighted by Gasteiger charge is -2.18. The van der Waals surface area contributed by atoms with E-state index in [0.717, 1.165) is 12.8 Å². The van der Waals surface area contributed by atoms with Crippen LogP contribution in [0.1, 0.15) is 38.5 Å². The zero-order valence-corrected chi connectivity index (χ0v) is 9.72. The fourth-order valence-electron chi connectivity index (χ4n) is 2.20. The highest BCUT2D eigenvalue weighted by atomic mass is 32.2. The van der Waals surface area contributed by atoms with Gasteiger partial charge in [-0.15, -0.1) is 0 Å². The lowest BCUT2D eigenvalue weighted by molar-refractivity contribution is 0.407. The molecule has 0 heterocycles. The number of nitrogens with two attached hydrogens (primary N) is 1. The van der Waals surface area contributed by atoms with Crippen LogP contribution in [0, 0.1) is 5.92 Å². The second-order valence-electron chi connectivity index (χ2n) is 4.48. The Labute approximate surface area is 87.0 Å². The van der Waals surface area contributed by atoms with Gasteiger partial charge in [-0.05, 0) is 31.6 Å². The molecule has 1 atom stereocenters. The molecule has 0 aromatic carbocycles. The smallest absolute Gasteiger partial charge is 0.147 e. The highest BCUT2D eigenvalue weighted by Crippen LogP contribution is 2.28. The molecule has 84 valence electrons. The standard InChI is InChI=1S/C10H21NO2S/c1-14(12,13)8-4-7-10(11)9-5-2-3-6-9/h9-10H,2-8,11H2,1H3. The average molecular weight is 219 g/mol. The molecule has 1 unspecified atom stereocenters. The van der Waals surface area contributed by atoms with Gasteiger partial charge in [-0.1, -0.05) is 12.8 Å². The normalized spacial score (nSPS) is 21.3. The number of sulfone groups is 1. The Balaban J connectivity index is 2.17. The van der Waals surface area contributed by atoms with Gasteiger partial charge in [-0.25, -0.2) is 8.42 Å². The Kier molecular flexibility index (Phi) is 4.38. The van der Waals surface area contributed by atoms with Crippen LogP contribution in [0.4, 0.5) is 0 Å². The third kappa shape index (κ3) is 4.42. The van der Waals surface area contributed by atoms with Crippen LogP contribution in [0.2, 0.25) is 0 Å². The van der Waals surface area contributed by atoms with Crippen LogP contribution in [0.15, 0.2) is 0 Å². The average Bonchev–Trinajstić information content (AvgIpc) is 2.53. The molecule has 0 saturated heterocycles. The molecule has 14 heavy (non-hydrogen) atoms. The van der Waals surface area contributed by atoms with Crippen LogP contribution < -0.4 is 5.73 Å². The van der Waals surface area contributed by atoms with Gasteiger partial charge in [-0.3, -0.25) is 0 Å². The summed E-state index contributed by atoms with van der Waals surface area (Å²) in [6.07, 6.45) is 7.93. The number of rotatable bonds is 5. The van der Waals surface area contributed by atoms with Gasteiger partial charge in [0.1, 0.15) is 9.84 Å². The van der Waals surface area contributed by atoms with Gasteiger partial charge in [0.05, 0.1) is 0 Å². The van der Waals surface area contributed by atoms with Crippen LogP contribution in [0.5, 0.6) is 0 Å². The van der Waals surface area contributed by atoms with E-state index >= 15 is 0 Å². The maximum atomic E-state index is 10.9. The van der Waals surface area contributed by atoms with Crippen molar-refractivity contribution >= 4 is 9.84 Å². The summed E-state index contributed by atoms with van der Waals surface area (Å²) in [6.45, 7) is 0. The lowest BCUT2D eigenvalue weighted by atomic mass is 9.95. The van der Waals surface area contributed by atoms with Crippen LogP contribution in [0.25, 0.3) is 0 Å². The van der Waals surface area contributed by atoms with E-state index < -0.39 is 9.84 Å². The summed E-state index contributed by atoms with van der Waals surface area (Å²) < 4.78 is 21.8. The van der Waals surface area contributed by atoms with E-state index in [4.69, 9.17) is 5.73 Å². The van der Waals surface area contributed by atoms with E-state index in [-0.39, 0.29) is 11.8 Å². The third-order valence-electron chi connectivity index (χ3n) is 3.06. The zero-order chi connectivity index (χ0) is 10.6. The summed E-state index contributed by atoms with van der Waals surface area (Å²) >= 11 is 0. The van der Waals surface area contributed by atoms with E-state index in [2.05, 4.69) is 0 Å². The van der Waals surface area contributed by atoms with Gasteiger partial charge >= 0.3 is 0 Å². The van der Waals surface area contributed by atoms with Crippen LogP contribution in [-0.4, -0.2) is 26.5 Å². The van der Waals surface area contributed by atoms with Crippen molar-refractivity contribution < 1.29 is 8.42 Å². The first kappa shape index (κ1) is 12.0. The minimum Gasteiger partial charge on any atom is -0.327 e. The Morgan fingerprint density at radius 2 is 1.93 bits per heavy atom. The van der Waals surface area contributed by atoms with Gasteiger partial charge in [0.25, 0.3) is 0 Å². The Bertz CT molecular complexity index is 255. The highest BCUT2D eigenvalue weighted by Gasteiger charge is 2.21. The van der Waals surface area contributed by atoms with E-state index in [1.165, 1.54) is 31.9 Å². The van der Waals surface area contributed by atoms with Crippen molar-refractivity contribution in [2.75, 3.05) is 12.0 Å². The summed E-state index contributed by atoms with van der Waals surface area (Å²) in [5, 5.41) is 0. The van der Waals surface area contributed by atoms with E-state index in [9.17, 15) is 8.42 Å². The predicted octanol–water partition coefficient (Wildman–Crippen LogP) is 1.33. The Morgan fingerprint density at radius 1 is 1.36 bits per heavy atom. The van der Waals surface area contributed by atoms with Gasteiger partial charge in [-0.2, -0.15) is 0 Å². The summed E-state index contributed by atoms with van der Waals surface area (Å²) in [5.41, 5.74) is 6.01. The van der Waals surface area contributed by atoms with E-state index in [0.29, 0.717) is 5.92 Å². The first-order valence-corrected chi connectivity index (χ1v) is 7.48. The zero-order valence-electron chi connectivity index (χ0n) is 8.91. The Morgan fingerprint density at radius 3 is 2.43 bits per heavy atom. The van der Waals surface area contributed by atoms with Gasteiger partial charge < -0.3 is 5.73 Å². The molecule has 2 N–H and O–H groups in total. The first-order valence-electron chi connectivity index (χ1n) is 5.42. The number of hydrogen-bond acceptors (Lipinski definition) is 3. The van der Waals surface area contributed by atoms with Crippen molar-refractivity contribution in [2.24, 2.45) is 11.7 Å². The fraction of sp³-hybridized carbons (Fsp3) is 1.00. The minimum atomic E-state index is -2.80. The molecule has 1 aliphatic rings. The van der Waals surface area contributed by atoms with Crippen LogP contribution in [0.3, 0.4) is 0 Å². The molecule has 0 spiro atoms. The monoisotopic (exact) mass is 219 g/mol. The Hall–Kier alpha value is -0.0900. The quantitative estimate of drug-likeness (QED) is 0.759. The van der Waals surface area contributed by atoms with Crippen molar-refractivity contribution in [3.05, 3.63) is 0 Å². The van der Waals surface area contributed by atoms with Crippen molar-refractivity contribution in [3.8, 4) is 0 Å². The molecule has 0 bridgehead atoms. The summed E-state index contributed by atoms with van der Waals surface area (Å²) in [5.74, 6) is 0.933. The summed E-state index contributed by atoms with van der Waals surface area (Å²) in [7, 11) is -2.80. The van der Waals surface area contributed by atoms with Gasteiger partial charge in [0.2, 0.25) is 0 Å². The molecule has 0 aromatic rings. The van der Waals surface area contributed by atoms with Gasteiger partial charge in [0, 0.05) is 18.1 Å². The summed E-state index contributed by atoms with van der Waals surface area (Å²) in [4.78, 5) is 0. The maximum Gasteiger partial charge on any atom is 0.147 e. The van der Waals surface area contributed by atoms with E-state index in [1.807, 2.05) is 0 Å². The molecule has 1 rings (SSSR count). The van der Waals surface area contributed by atoms with Crippen molar-refractivity contribution in [2.45, 2.75) is 44.6 Å². The largest absolute Gasteiger partial charge is 0.327 e. The molecule has 1 aliphatic carbocycles. The summed E-state index contributed by atoms with van der Waals surface area (Å²) in [6, 6.07) is 0.222. The van der Waals surface area contributed by atoms with Gasteiger partial charge in [0.15, 0.2) is 0 Å². The van der Waals surface area contributed by atoms with Crippen LogP contribution >= 0.6 is 0 Å². The molecular formula is C10H21NO2S. The molecule has 0 aromatic heterocycles. The topological polar surface area (TPSA) is 60.2 Å². The third-order valence-corrected chi connectivity index (χ3v) is 4.09. The second kappa shape index (κ2) is 5.12. The molecule has 4 heteroatoms. The van der Waals surface area contributed by atoms with E-state index in [1.54, 1.807) is 0 Å². The first-order chi connectivity index (χ1) is 6.49. The highest BCUT2D eigenvalue weighted by molar-refractivity contribution is 7.90. The molecule has 0 radical (unpaired) electrons.